The molecule has 1 aliphatic heterocycles. The second-order valence-corrected chi connectivity index (χ2v) is 5.47. The van der Waals surface area contributed by atoms with Gasteiger partial charge in [-0.3, -0.25) is 4.79 Å². The van der Waals surface area contributed by atoms with Crippen LogP contribution >= 0.6 is 11.6 Å². The first kappa shape index (κ1) is 13.3. The number of amides is 1. The van der Waals surface area contributed by atoms with E-state index in [0.29, 0.717) is 0 Å². The third kappa shape index (κ3) is 2.59. The van der Waals surface area contributed by atoms with E-state index in [9.17, 15) is 4.79 Å². The van der Waals surface area contributed by atoms with Crippen LogP contribution in [0.25, 0.3) is 0 Å². The summed E-state index contributed by atoms with van der Waals surface area (Å²) in [5, 5.41) is 0.772. The summed E-state index contributed by atoms with van der Waals surface area (Å²) in [5.74, 6) is 0.135. The van der Waals surface area contributed by atoms with Crippen LogP contribution in [-0.2, 0) is 4.79 Å². The number of para-hydroxylation sites is 1. The Balaban J connectivity index is 1.62. The van der Waals surface area contributed by atoms with Gasteiger partial charge < -0.3 is 9.80 Å². The molecule has 0 atom stereocenters. The van der Waals surface area contributed by atoms with Crippen molar-refractivity contribution in [3.05, 3.63) is 53.6 Å². The summed E-state index contributed by atoms with van der Waals surface area (Å²) in [6.45, 7) is 3.16. The molecule has 3 nitrogen and oxygen atoms in total. The van der Waals surface area contributed by atoms with Gasteiger partial charge in [0.1, 0.15) is 0 Å². The molecule has 1 fully saturated rings. The number of allylic oxidation sites excluding steroid dienone is 2. The van der Waals surface area contributed by atoms with Crippen molar-refractivity contribution in [2.24, 2.45) is 5.92 Å². The predicted molar refractivity (Wildman–Crippen MR) is 82.0 cm³/mol. The highest BCUT2D eigenvalue weighted by molar-refractivity contribution is 6.33. The summed E-state index contributed by atoms with van der Waals surface area (Å²) >= 11 is 6.22. The zero-order valence-corrected chi connectivity index (χ0v) is 12.0. The van der Waals surface area contributed by atoms with Gasteiger partial charge >= 0.3 is 0 Å². The zero-order chi connectivity index (χ0) is 13.9. The third-order valence-electron chi connectivity index (χ3n) is 3.82. The highest BCUT2D eigenvalue weighted by Gasteiger charge is 2.26. The SMILES string of the molecule is O=C(C1C=CC=C1)N1CCN(c2ccccc2Cl)CC1. The monoisotopic (exact) mass is 288 g/mol. The maximum atomic E-state index is 12.3. The Morgan fingerprint density at radius 1 is 1.05 bits per heavy atom. The molecule has 1 aliphatic carbocycles. The first-order valence-electron chi connectivity index (χ1n) is 6.89. The fourth-order valence-electron chi connectivity index (χ4n) is 2.68. The number of anilines is 1. The van der Waals surface area contributed by atoms with Crippen molar-refractivity contribution in [1.82, 2.24) is 4.90 Å². The van der Waals surface area contributed by atoms with Crippen molar-refractivity contribution in [3.63, 3.8) is 0 Å². The minimum absolute atomic E-state index is 0.0677. The van der Waals surface area contributed by atoms with Crippen LogP contribution in [0.3, 0.4) is 0 Å². The largest absolute Gasteiger partial charge is 0.367 e. The van der Waals surface area contributed by atoms with Crippen molar-refractivity contribution < 1.29 is 4.79 Å². The highest BCUT2D eigenvalue weighted by atomic mass is 35.5. The molecule has 1 amide bonds. The van der Waals surface area contributed by atoms with E-state index in [0.717, 1.165) is 36.9 Å². The van der Waals surface area contributed by atoms with Crippen LogP contribution in [-0.4, -0.2) is 37.0 Å². The number of hydrogen-bond acceptors (Lipinski definition) is 2. The van der Waals surface area contributed by atoms with Crippen molar-refractivity contribution in [2.45, 2.75) is 0 Å². The minimum Gasteiger partial charge on any atom is -0.367 e. The van der Waals surface area contributed by atoms with Gasteiger partial charge in [0, 0.05) is 26.2 Å². The van der Waals surface area contributed by atoms with Gasteiger partial charge in [0.2, 0.25) is 5.91 Å². The average molecular weight is 289 g/mol. The maximum Gasteiger partial charge on any atom is 0.233 e. The fraction of sp³-hybridized carbons (Fsp3) is 0.312. The molecular formula is C16H17ClN2O. The lowest BCUT2D eigenvalue weighted by Gasteiger charge is -2.37. The molecule has 0 bridgehead atoms. The van der Waals surface area contributed by atoms with Gasteiger partial charge in [-0.1, -0.05) is 48.0 Å². The van der Waals surface area contributed by atoms with Crippen LogP contribution in [0.1, 0.15) is 0 Å². The van der Waals surface area contributed by atoms with E-state index in [1.807, 2.05) is 53.5 Å². The number of carbonyl (C=O) groups excluding carboxylic acids is 1. The van der Waals surface area contributed by atoms with E-state index in [4.69, 9.17) is 11.6 Å². The van der Waals surface area contributed by atoms with E-state index >= 15 is 0 Å². The van der Waals surface area contributed by atoms with Crippen LogP contribution in [0.5, 0.6) is 0 Å². The summed E-state index contributed by atoms with van der Waals surface area (Å²) in [7, 11) is 0. The van der Waals surface area contributed by atoms with Gasteiger partial charge in [-0.15, -0.1) is 0 Å². The molecule has 0 spiro atoms. The summed E-state index contributed by atoms with van der Waals surface area (Å²) in [6.07, 6.45) is 7.76. The van der Waals surface area contributed by atoms with E-state index in [1.165, 1.54) is 0 Å². The Bertz CT molecular complexity index is 547. The molecule has 3 rings (SSSR count). The quantitative estimate of drug-likeness (QED) is 0.835. The summed E-state index contributed by atoms with van der Waals surface area (Å²) < 4.78 is 0. The van der Waals surface area contributed by atoms with E-state index in [2.05, 4.69) is 4.90 Å². The fourth-order valence-corrected chi connectivity index (χ4v) is 2.94. The lowest BCUT2D eigenvalue weighted by atomic mass is 10.1. The summed E-state index contributed by atoms with van der Waals surface area (Å²) in [5.41, 5.74) is 1.06. The average Bonchev–Trinajstić information content (AvgIpc) is 3.01. The second kappa shape index (κ2) is 5.71. The molecule has 0 saturated carbocycles. The number of piperazine rings is 1. The lowest BCUT2D eigenvalue weighted by molar-refractivity contribution is -0.132. The third-order valence-corrected chi connectivity index (χ3v) is 4.14. The molecule has 1 heterocycles. The van der Waals surface area contributed by atoms with Crippen LogP contribution in [0.2, 0.25) is 5.02 Å². The Hall–Kier alpha value is -1.74. The van der Waals surface area contributed by atoms with Gasteiger partial charge in [-0.25, -0.2) is 0 Å². The Morgan fingerprint density at radius 3 is 2.35 bits per heavy atom. The molecule has 104 valence electrons. The van der Waals surface area contributed by atoms with E-state index < -0.39 is 0 Å². The van der Waals surface area contributed by atoms with E-state index in [-0.39, 0.29) is 11.8 Å². The first-order valence-corrected chi connectivity index (χ1v) is 7.27. The Labute approximate surface area is 124 Å². The van der Waals surface area contributed by atoms with E-state index in [1.54, 1.807) is 0 Å². The molecule has 20 heavy (non-hydrogen) atoms. The van der Waals surface area contributed by atoms with Gasteiger partial charge in [0.25, 0.3) is 0 Å². The highest BCUT2D eigenvalue weighted by Crippen LogP contribution is 2.26. The zero-order valence-electron chi connectivity index (χ0n) is 11.2. The molecule has 1 saturated heterocycles. The summed E-state index contributed by atoms with van der Waals surface area (Å²) in [4.78, 5) is 16.5. The lowest BCUT2D eigenvalue weighted by Crippen LogP contribution is -2.50. The number of rotatable bonds is 2. The molecule has 0 aromatic heterocycles. The molecule has 0 N–H and O–H groups in total. The second-order valence-electron chi connectivity index (χ2n) is 5.06. The molecule has 4 heteroatoms. The van der Waals surface area contributed by atoms with Gasteiger partial charge in [-0.2, -0.15) is 0 Å². The van der Waals surface area contributed by atoms with Crippen molar-refractivity contribution >= 4 is 23.2 Å². The van der Waals surface area contributed by atoms with Crippen molar-refractivity contribution in [1.29, 1.82) is 0 Å². The number of halogens is 1. The molecular weight excluding hydrogens is 272 g/mol. The maximum absolute atomic E-state index is 12.3. The van der Waals surface area contributed by atoms with Crippen LogP contribution in [0.4, 0.5) is 5.69 Å². The molecule has 0 radical (unpaired) electrons. The number of nitrogens with zero attached hydrogens (tertiary/aromatic N) is 2. The van der Waals surface area contributed by atoms with Gasteiger partial charge in [0.05, 0.1) is 16.6 Å². The molecule has 1 aromatic carbocycles. The number of carbonyl (C=O) groups is 1. The Morgan fingerprint density at radius 2 is 1.70 bits per heavy atom. The van der Waals surface area contributed by atoms with Crippen molar-refractivity contribution in [2.75, 3.05) is 31.1 Å². The smallest absolute Gasteiger partial charge is 0.233 e. The standard InChI is InChI=1S/C16H17ClN2O/c17-14-7-3-4-8-15(14)18-9-11-19(12-10-18)16(20)13-5-1-2-6-13/h1-8,13H,9-12H2. The molecule has 1 aromatic rings. The molecule has 0 unspecified atom stereocenters. The topological polar surface area (TPSA) is 23.6 Å². The molecule has 2 aliphatic rings. The number of hydrogen-bond donors (Lipinski definition) is 0. The van der Waals surface area contributed by atoms with Crippen LogP contribution < -0.4 is 4.90 Å². The van der Waals surface area contributed by atoms with Crippen LogP contribution in [0, 0.1) is 5.92 Å². The van der Waals surface area contributed by atoms with Crippen LogP contribution in [0.15, 0.2) is 48.6 Å². The number of benzene rings is 1. The van der Waals surface area contributed by atoms with Gasteiger partial charge in [-0.05, 0) is 12.1 Å². The Kier molecular flexibility index (Phi) is 3.79. The minimum atomic E-state index is -0.0677. The first-order chi connectivity index (χ1) is 9.75. The van der Waals surface area contributed by atoms with Crippen molar-refractivity contribution in [3.8, 4) is 0 Å². The normalized spacial score (nSPS) is 18.9. The summed E-state index contributed by atoms with van der Waals surface area (Å²) in [6, 6.07) is 7.86. The predicted octanol–water partition coefficient (Wildman–Crippen LogP) is 2.73. The van der Waals surface area contributed by atoms with Gasteiger partial charge in [0.15, 0.2) is 0 Å².